The Labute approximate surface area is 160 Å². The molecule has 0 aliphatic carbocycles. The number of likely N-dealkylation sites (tertiary alicyclic amines) is 1. The number of benzene rings is 1. The average Bonchev–Trinajstić information content (AvgIpc) is 2.61. The van der Waals surface area contributed by atoms with Crippen LogP contribution in [0.3, 0.4) is 0 Å². The molecular weight excluding hydrogens is 346 g/mol. The number of carbonyl (C=O) groups excluding carboxylic acids is 2. The monoisotopic (exact) mass is 375 g/mol. The highest BCUT2D eigenvalue weighted by molar-refractivity contribution is 8.01. The molecule has 1 saturated heterocycles. The zero-order chi connectivity index (χ0) is 18.7. The van der Waals surface area contributed by atoms with Crippen molar-refractivity contribution in [1.82, 2.24) is 10.2 Å². The number of piperidine rings is 1. The third-order valence-corrected chi connectivity index (χ3v) is 6.58. The van der Waals surface area contributed by atoms with Crippen LogP contribution < -0.4 is 10.6 Å². The first-order valence-electron chi connectivity index (χ1n) is 9.43. The van der Waals surface area contributed by atoms with Crippen molar-refractivity contribution in [3.05, 3.63) is 24.3 Å². The molecule has 0 saturated carbocycles. The molecule has 2 aliphatic heterocycles. The van der Waals surface area contributed by atoms with Crippen molar-refractivity contribution in [2.24, 2.45) is 5.92 Å². The van der Waals surface area contributed by atoms with E-state index in [4.69, 9.17) is 0 Å². The highest BCUT2D eigenvalue weighted by Crippen LogP contribution is 2.36. The Balaban J connectivity index is 1.52. The van der Waals surface area contributed by atoms with Gasteiger partial charge in [0.15, 0.2) is 0 Å². The highest BCUT2D eigenvalue weighted by atomic mass is 32.2. The predicted octanol–water partition coefficient (Wildman–Crippen LogP) is 3.12. The zero-order valence-corrected chi connectivity index (χ0v) is 16.7. The van der Waals surface area contributed by atoms with Crippen molar-refractivity contribution < 1.29 is 9.59 Å². The summed E-state index contributed by atoms with van der Waals surface area (Å²) in [5, 5.41) is 5.58. The summed E-state index contributed by atoms with van der Waals surface area (Å²) in [6, 6.07) is 7.71. The van der Waals surface area contributed by atoms with Crippen LogP contribution in [0.1, 0.15) is 40.0 Å². The van der Waals surface area contributed by atoms with Crippen LogP contribution in [0.2, 0.25) is 0 Å². The van der Waals surface area contributed by atoms with Crippen LogP contribution >= 0.6 is 11.8 Å². The first kappa shape index (κ1) is 19.2. The molecule has 5 nitrogen and oxygen atoms in total. The minimum Gasteiger partial charge on any atom is -0.354 e. The molecular formula is C20H29N3O2S. The first-order valence-corrected chi connectivity index (χ1v) is 10.3. The molecule has 142 valence electrons. The van der Waals surface area contributed by atoms with Gasteiger partial charge in [0.2, 0.25) is 11.8 Å². The van der Waals surface area contributed by atoms with Crippen molar-refractivity contribution in [2.75, 3.05) is 25.0 Å². The number of hydrogen-bond acceptors (Lipinski definition) is 4. The van der Waals surface area contributed by atoms with Gasteiger partial charge in [0.1, 0.15) is 0 Å². The number of anilines is 1. The van der Waals surface area contributed by atoms with Crippen molar-refractivity contribution in [3.63, 3.8) is 0 Å². The Morgan fingerprint density at radius 3 is 2.92 bits per heavy atom. The normalized spacial score (nSPS) is 23.9. The number of nitrogens with zero attached hydrogens (tertiary/aromatic N) is 1. The van der Waals surface area contributed by atoms with Gasteiger partial charge in [-0.1, -0.05) is 19.1 Å². The smallest absolute Gasteiger partial charge is 0.238 e. The van der Waals surface area contributed by atoms with Gasteiger partial charge in [-0.05, 0) is 51.3 Å². The number of rotatable bonds is 5. The number of nitrogens with one attached hydrogen (secondary N) is 2. The summed E-state index contributed by atoms with van der Waals surface area (Å²) >= 11 is 1.47. The maximum absolute atomic E-state index is 12.4. The van der Waals surface area contributed by atoms with E-state index in [1.54, 1.807) is 0 Å². The molecule has 2 amide bonds. The summed E-state index contributed by atoms with van der Waals surface area (Å²) in [5.41, 5.74) is 0.762. The van der Waals surface area contributed by atoms with E-state index < -0.39 is 0 Å². The first-order chi connectivity index (χ1) is 12.3. The van der Waals surface area contributed by atoms with Gasteiger partial charge in [0, 0.05) is 29.9 Å². The lowest BCUT2D eigenvalue weighted by Gasteiger charge is -2.43. The summed E-state index contributed by atoms with van der Waals surface area (Å²) in [4.78, 5) is 28.2. The van der Waals surface area contributed by atoms with Crippen LogP contribution in [0, 0.1) is 5.92 Å². The second kappa shape index (κ2) is 8.01. The van der Waals surface area contributed by atoms with E-state index in [0.717, 1.165) is 23.7 Å². The molecule has 2 unspecified atom stereocenters. The fourth-order valence-corrected chi connectivity index (χ4v) is 4.74. The topological polar surface area (TPSA) is 61.4 Å². The lowest BCUT2D eigenvalue weighted by molar-refractivity contribution is -0.124. The van der Waals surface area contributed by atoms with Crippen LogP contribution in [-0.4, -0.2) is 47.1 Å². The number of para-hydroxylation sites is 1. The molecule has 6 heteroatoms. The van der Waals surface area contributed by atoms with Gasteiger partial charge in [-0.3, -0.25) is 14.5 Å². The molecule has 0 bridgehead atoms. The lowest BCUT2D eigenvalue weighted by Crippen LogP contribution is -2.54. The maximum atomic E-state index is 12.4. The summed E-state index contributed by atoms with van der Waals surface area (Å²) in [6.07, 6.45) is 2.71. The van der Waals surface area contributed by atoms with Crippen LogP contribution in [0.5, 0.6) is 0 Å². The molecule has 1 aromatic carbocycles. The van der Waals surface area contributed by atoms with Gasteiger partial charge < -0.3 is 10.6 Å². The summed E-state index contributed by atoms with van der Waals surface area (Å²) in [7, 11) is 0. The minimum absolute atomic E-state index is 0.0600. The molecule has 2 N–H and O–H groups in total. The third-order valence-electron chi connectivity index (χ3n) is 5.31. The number of hydrogen-bond donors (Lipinski definition) is 2. The second-order valence-electron chi connectivity index (χ2n) is 8.08. The largest absolute Gasteiger partial charge is 0.354 e. The van der Waals surface area contributed by atoms with E-state index in [1.807, 2.05) is 24.3 Å². The van der Waals surface area contributed by atoms with Gasteiger partial charge in [0.05, 0.1) is 10.9 Å². The fraction of sp³-hybridized carbons (Fsp3) is 0.600. The average molecular weight is 376 g/mol. The van der Waals surface area contributed by atoms with Gasteiger partial charge in [-0.25, -0.2) is 0 Å². The van der Waals surface area contributed by atoms with Crippen LogP contribution in [0.25, 0.3) is 0 Å². The van der Waals surface area contributed by atoms with Crippen molar-refractivity contribution in [1.29, 1.82) is 0 Å². The van der Waals surface area contributed by atoms with E-state index in [2.05, 4.69) is 36.3 Å². The SMILES string of the molecule is CC1CCCN(C(C)(C)CNC(=O)CC2Sc3ccccc3NC2=O)C1. The van der Waals surface area contributed by atoms with E-state index in [-0.39, 0.29) is 29.0 Å². The molecule has 2 aliphatic rings. The molecule has 1 aromatic rings. The van der Waals surface area contributed by atoms with Crippen molar-refractivity contribution >= 4 is 29.3 Å². The molecule has 2 atom stereocenters. The highest BCUT2D eigenvalue weighted by Gasteiger charge is 2.32. The minimum atomic E-state index is -0.372. The number of amides is 2. The summed E-state index contributed by atoms with van der Waals surface area (Å²) < 4.78 is 0. The summed E-state index contributed by atoms with van der Waals surface area (Å²) in [5.74, 6) is 0.559. The van der Waals surface area contributed by atoms with Crippen molar-refractivity contribution in [2.45, 2.75) is 55.7 Å². The quantitative estimate of drug-likeness (QED) is 0.830. The standard InChI is InChI=1S/C20H29N3O2S/c1-14-7-6-10-23(12-14)20(2,3)13-21-18(24)11-17-19(25)22-15-8-4-5-9-16(15)26-17/h4-5,8-9,14,17H,6-7,10-13H2,1-3H3,(H,21,24)(H,22,25). The Bertz CT molecular complexity index is 677. The Morgan fingerprint density at radius 2 is 2.15 bits per heavy atom. The molecule has 2 heterocycles. The molecule has 3 rings (SSSR count). The summed E-state index contributed by atoms with van der Waals surface area (Å²) in [6.45, 7) is 9.43. The molecule has 0 radical (unpaired) electrons. The Morgan fingerprint density at radius 1 is 1.38 bits per heavy atom. The number of thioether (sulfide) groups is 1. The van der Waals surface area contributed by atoms with E-state index in [0.29, 0.717) is 12.5 Å². The van der Waals surface area contributed by atoms with Gasteiger partial charge in [-0.15, -0.1) is 11.8 Å². The van der Waals surface area contributed by atoms with Gasteiger partial charge in [0.25, 0.3) is 0 Å². The van der Waals surface area contributed by atoms with E-state index in [9.17, 15) is 9.59 Å². The van der Waals surface area contributed by atoms with E-state index in [1.165, 1.54) is 24.6 Å². The molecule has 0 spiro atoms. The predicted molar refractivity (Wildman–Crippen MR) is 106 cm³/mol. The fourth-order valence-electron chi connectivity index (χ4n) is 3.63. The number of fused-ring (bicyclic) bond motifs is 1. The lowest BCUT2D eigenvalue weighted by atomic mass is 9.93. The maximum Gasteiger partial charge on any atom is 0.238 e. The molecule has 1 fully saturated rings. The van der Waals surface area contributed by atoms with Gasteiger partial charge in [-0.2, -0.15) is 0 Å². The van der Waals surface area contributed by atoms with Crippen LogP contribution in [0.15, 0.2) is 29.2 Å². The number of carbonyl (C=O) groups is 2. The van der Waals surface area contributed by atoms with Crippen LogP contribution in [-0.2, 0) is 9.59 Å². The second-order valence-corrected chi connectivity index (χ2v) is 9.32. The third kappa shape index (κ3) is 4.60. The molecule has 0 aromatic heterocycles. The van der Waals surface area contributed by atoms with Crippen LogP contribution in [0.4, 0.5) is 5.69 Å². The van der Waals surface area contributed by atoms with Crippen molar-refractivity contribution in [3.8, 4) is 0 Å². The zero-order valence-electron chi connectivity index (χ0n) is 15.9. The Kier molecular flexibility index (Phi) is 5.92. The van der Waals surface area contributed by atoms with E-state index >= 15 is 0 Å². The molecule has 26 heavy (non-hydrogen) atoms. The van der Waals surface area contributed by atoms with Gasteiger partial charge >= 0.3 is 0 Å². The Hall–Kier alpha value is -1.53.